The van der Waals surface area contributed by atoms with Gasteiger partial charge in [-0.25, -0.2) is 8.42 Å². The topological polar surface area (TPSA) is 92.3 Å². The number of hydrogen-bond donors (Lipinski definition) is 2. The molecule has 0 saturated carbocycles. The van der Waals surface area contributed by atoms with Crippen LogP contribution in [0.4, 0.5) is 11.4 Å². The van der Waals surface area contributed by atoms with Gasteiger partial charge in [-0.15, -0.1) is 0 Å². The Kier molecular flexibility index (Phi) is 7.49. The van der Waals surface area contributed by atoms with E-state index in [0.717, 1.165) is 35.3 Å². The van der Waals surface area contributed by atoms with E-state index in [1.54, 1.807) is 0 Å². The maximum atomic E-state index is 12.6. The fourth-order valence-electron chi connectivity index (χ4n) is 4.22. The molecule has 1 heterocycles. The molecule has 0 radical (unpaired) electrons. The van der Waals surface area contributed by atoms with Crippen molar-refractivity contribution in [2.45, 2.75) is 39.5 Å². The summed E-state index contributed by atoms with van der Waals surface area (Å²) in [6.07, 6.45) is 1.74. The van der Waals surface area contributed by atoms with Gasteiger partial charge in [0, 0.05) is 24.2 Å². The Morgan fingerprint density at radius 1 is 0.774 bits per heavy atom. The molecule has 0 bridgehead atoms. The molecule has 2 atom stereocenters. The van der Waals surface area contributed by atoms with Gasteiger partial charge >= 0.3 is 0 Å². The number of hydrogen-bond acceptors (Lipinski definition) is 4. The molecule has 2 amide bonds. The lowest BCUT2D eigenvalue weighted by Gasteiger charge is -2.18. The van der Waals surface area contributed by atoms with Crippen LogP contribution in [0.3, 0.4) is 0 Å². The second-order valence-electron chi connectivity index (χ2n) is 8.12. The number of para-hydroxylation sites is 2. The van der Waals surface area contributed by atoms with Gasteiger partial charge in [0.1, 0.15) is 0 Å². The number of aryl methyl sites for hydroxylation is 2. The second-order valence-corrected chi connectivity index (χ2v) is 10.3. The molecule has 1 fully saturated rings. The number of amides is 2. The van der Waals surface area contributed by atoms with E-state index in [9.17, 15) is 18.0 Å². The molecule has 6 nitrogen and oxygen atoms in total. The zero-order valence-corrected chi connectivity index (χ0v) is 18.9. The third kappa shape index (κ3) is 6.17. The number of carbonyl (C=O) groups excluding carboxylic acids is 2. The van der Waals surface area contributed by atoms with Gasteiger partial charge in [-0.05, 0) is 47.9 Å². The molecule has 1 saturated heterocycles. The SMILES string of the molecule is CCc1ccccc1NC(=O)C[C@H]1CS(=O)(=O)C[C@@H]1CC(=O)Nc1ccccc1CC. The molecule has 31 heavy (non-hydrogen) atoms. The normalized spacial score (nSPS) is 19.7. The van der Waals surface area contributed by atoms with Crippen molar-refractivity contribution in [3.63, 3.8) is 0 Å². The zero-order chi connectivity index (χ0) is 22.4. The van der Waals surface area contributed by atoms with Crippen LogP contribution < -0.4 is 10.6 Å². The first-order valence-corrected chi connectivity index (χ1v) is 12.6. The Balaban J connectivity index is 1.65. The summed E-state index contributed by atoms with van der Waals surface area (Å²) in [5, 5.41) is 5.82. The van der Waals surface area contributed by atoms with E-state index < -0.39 is 9.84 Å². The van der Waals surface area contributed by atoms with Crippen molar-refractivity contribution >= 4 is 33.0 Å². The average molecular weight is 443 g/mol. The number of anilines is 2. The minimum Gasteiger partial charge on any atom is -0.326 e. The van der Waals surface area contributed by atoms with Crippen molar-refractivity contribution in [1.82, 2.24) is 0 Å². The van der Waals surface area contributed by atoms with E-state index in [2.05, 4.69) is 10.6 Å². The standard InChI is InChI=1S/C24H30N2O4S/c1-3-17-9-5-7-11-21(17)25-23(27)13-19-15-31(29,30)16-20(19)14-24(28)26-22-12-8-6-10-18(22)4-2/h5-12,19-20H,3-4,13-16H2,1-2H3,(H,25,27)(H,26,28)/t19-,20-/m0/s1. The van der Waals surface area contributed by atoms with Crippen LogP contribution in [0.25, 0.3) is 0 Å². The van der Waals surface area contributed by atoms with Crippen LogP contribution in [0.1, 0.15) is 37.8 Å². The van der Waals surface area contributed by atoms with Crippen LogP contribution in [0.2, 0.25) is 0 Å². The molecule has 2 N–H and O–H groups in total. The smallest absolute Gasteiger partial charge is 0.224 e. The van der Waals surface area contributed by atoms with Crippen LogP contribution in [-0.2, 0) is 32.3 Å². The van der Waals surface area contributed by atoms with Gasteiger partial charge in [0.2, 0.25) is 11.8 Å². The van der Waals surface area contributed by atoms with E-state index in [0.29, 0.717) is 0 Å². The predicted molar refractivity (Wildman–Crippen MR) is 124 cm³/mol. The fourth-order valence-corrected chi connectivity index (χ4v) is 6.44. The lowest BCUT2D eigenvalue weighted by atomic mass is 9.89. The summed E-state index contributed by atoms with van der Waals surface area (Å²) in [4.78, 5) is 25.3. The second kappa shape index (κ2) is 10.1. The molecule has 2 aromatic carbocycles. The lowest BCUT2D eigenvalue weighted by Crippen LogP contribution is -2.25. The van der Waals surface area contributed by atoms with Crippen molar-refractivity contribution in [3.05, 3.63) is 59.7 Å². The summed E-state index contributed by atoms with van der Waals surface area (Å²) in [6.45, 7) is 4.03. The number of rotatable bonds is 8. The molecular formula is C24H30N2O4S. The lowest BCUT2D eigenvalue weighted by molar-refractivity contribution is -0.119. The summed E-state index contributed by atoms with van der Waals surface area (Å²) in [5.74, 6) is -1.29. The minimum absolute atomic E-state index is 0.0562. The highest BCUT2D eigenvalue weighted by molar-refractivity contribution is 7.91. The van der Waals surface area contributed by atoms with Crippen LogP contribution >= 0.6 is 0 Å². The van der Waals surface area contributed by atoms with E-state index in [1.807, 2.05) is 62.4 Å². The minimum atomic E-state index is -3.27. The van der Waals surface area contributed by atoms with Gasteiger partial charge in [-0.1, -0.05) is 50.2 Å². The van der Waals surface area contributed by atoms with Gasteiger partial charge in [0.15, 0.2) is 9.84 Å². The Labute approximate surface area is 184 Å². The summed E-state index contributed by atoms with van der Waals surface area (Å²) < 4.78 is 24.5. The molecule has 7 heteroatoms. The number of benzene rings is 2. The molecule has 3 rings (SSSR count). The van der Waals surface area contributed by atoms with E-state index in [-0.39, 0.29) is 48.0 Å². The first kappa shape index (κ1) is 23.0. The Morgan fingerprint density at radius 2 is 1.16 bits per heavy atom. The largest absolute Gasteiger partial charge is 0.326 e. The van der Waals surface area contributed by atoms with Crippen molar-refractivity contribution in [1.29, 1.82) is 0 Å². The van der Waals surface area contributed by atoms with Crippen LogP contribution in [0.5, 0.6) is 0 Å². The summed E-state index contributed by atoms with van der Waals surface area (Å²) in [7, 11) is -3.27. The van der Waals surface area contributed by atoms with Crippen molar-refractivity contribution < 1.29 is 18.0 Å². The van der Waals surface area contributed by atoms with Crippen molar-refractivity contribution in [2.24, 2.45) is 11.8 Å². The van der Waals surface area contributed by atoms with E-state index in [4.69, 9.17) is 0 Å². The number of carbonyl (C=O) groups is 2. The maximum absolute atomic E-state index is 12.6. The molecule has 2 aromatic rings. The predicted octanol–water partition coefficient (Wildman–Crippen LogP) is 3.83. The quantitative estimate of drug-likeness (QED) is 0.650. The Hall–Kier alpha value is -2.67. The first-order valence-electron chi connectivity index (χ1n) is 10.8. The highest BCUT2D eigenvalue weighted by atomic mass is 32.2. The van der Waals surface area contributed by atoms with Crippen LogP contribution in [-0.4, -0.2) is 31.7 Å². The molecular weight excluding hydrogens is 412 g/mol. The van der Waals surface area contributed by atoms with E-state index >= 15 is 0 Å². The third-order valence-electron chi connectivity index (χ3n) is 5.84. The third-order valence-corrected chi connectivity index (χ3v) is 7.71. The van der Waals surface area contributed by atoms with Crippen molar-refractivity contribution in [2.75, 3.05) is 22.1 Å². The summed E-state index contributed by atoms with van der Waals surface area (Å²) in [5.41, 5.74) is 3.56. The summed E-state index contributed by atoms with van der Waals surface area (Å²) in [6, 6.07) is 15.2. The van der Waals surface area contributed by atoms with Gasteiger partial charge < -0.3 is 10.6 Å². The average Bonchev–Trinajstić information content (AvgIpc) is 3.01. The molecule has 1 aliphatic rings. The van der Waals surface area contributed by atoms with Crippen LogP contribution in [0, 0.1) is 11.8 Å². The number of nitrogens with one attached hydrogen (secondary N) is 2. The highest BCUT2D eigenvalue weighted by Gasteiger charge is 2.39. The molecule has 166 valence electrons. The van der Waals surface area contributed by atoms with Crippen LogP contribution in [0.15, 0.2) is 48.5 Å². The fraction of sp³-hybridized carbons (Fsp3) is 0.417. The van der Waals surface area contributed by atoms with Crippen molar-refractivity contribution in [3.8, 4) is 0 Å². The molecule has 0 spiro atoms. The van der Waals surface area contributed by atoms with Gasteiger partial charge in [-0.2, -0.15) is 0 Å². The maximum Gasteiger partial charge on any atom is 0.224 e. The Bertz CT molecular complexity index is 972. The number of sulfone groups is 1. The summed E-state index contributed by atoms with van der Waals surface area (Å²) >= 11 is 0. The molecule has 0 unspecified atom stereocenters. The zero-order valence-electron chi connectivity index (χ0n) is 18.1. The molecule has 1 aliphatic heterocycles. The highest BCUT2D eigenvalue weighted by Crippen LogP contribution is 2.32. The molecule has 0 aromatic heterocycles. The van der Waals surface area contributed by atoms with Gasteiger partial charge in [0.05, 0.1) is 11.5 Å². The van der Waals surface area contributed by atoms with Gasteiger partial charge in [0.25, 0.3) is 0 Å². The first-order chi connectivity index (χ1) is 14.8. The van der Waals surface area contributed by atoms with E-state index in [1.165, 1.54) is 0 Å². The van der Waals surface area contributed by atoms with Gasteiger partial charge in [-0.3, -0.25) is 9.59 Å². The Morgan fingerprint density at radius 3 is 1.55 bits per heavy atom. The molecule has 0 aliphatic carbocycles. The monoisotopic (exact) mass is 442 g/mol.